The van der Waals surface area contributed by atoms with E-state index in [4.69, 9.17) is 33.4 Å². The minimum Gasteiger partial charge on any atom is -0.454 e. The van der Waals surface area contributed by atoms with Gasteiger partial charge in [-0.3, -0.25) is 9.79 Å². The molecule has 0 bridgehead atoms. The average Bonchev–Trinajstić information content (AvgIpc) is 3.05. The van der Waals surface area contributed by atoms with E-state index in [-0.39, 0.29) is 29.7 Å². The lowest BCUT2D eigenvalue weighted by atomic mass is 10.1. The summed E-state index contributed by atoms with van der Waals surface area (Å²) in [6.07, 6.45) is 1.72. The molecule has 0 aliphatic carbocycles. The molecule has 1 amide bonds. The number of carbonyl (C=O) groups is 1. The summed E-state index contributed by atoms with van der Waals surface area (Å²) >= 11 is 12.0. The van der Waals surface area contributed by atoms with Gasteiger partial charge in [-0.2, -0.15) is 0 Å². The molecular formula is C17H21Cl2IN4O2. The van der Waals surface area contributed by atoms with E-state index in [1.807, 2.05) is 12.1 Å². The summed E-state index contributed by atoms with van der Waals surface area (Å²) in [5.74, 6) is 0.790. The van der Waals surface area contributed by atoms with Crippen LogP contribution in [0, 0.1) is 0 Å². The van der Waals surface area contributed by atoms with Gasteiger partial charge in [-0.05, 0) is 42.7 Å². The van der Waals surface area contributed by atoms with E-state index in [1.165, 1.54) is 0 Å². The average molecular weight is 511 g/mol. The Kier molecular flexibility index (Phi) is 9.82. The predicted octanol–water partition coefficient (Wildman–Crippen LogP) is 3.60. The SMILES string of the molecule is CN=C(NCCCc1ccc(Cl)cc1Cl)NCc1ccc(C(N)=O)o1.I. The molecule has 0 aliphatic rings. The molecule has 4 N–H and O–H groups in total. The van der Waals surface area contributed by atoms with Crippen LogP contribution in [0.1, 0.15) is 28.3 Å². The molecule has 0 saturated carbocycles. The number of nitrogens with one attached hydrogen (secondary N) is 2. The van der Waals surface area contributed by atoms with Crippen LogP contribution in [-0.2, 0) is 13.0 Å². The van der Waals surface area contributed by atoms with Gasteiger partial charge in [-0.1, -0.05) is 29.3 Å². The lowest BCUT2D eigenvalue weighted by molar-refractivity contribution is 0.0972. The highest BCUT2D eigenvalue weighted by Gasteiger charge is 2.07. The Labute approximate surface area is 179 Å². The van der Waals surface area contributed by atoms with Gasteiger partial charge in [0.05, 0.1) is 6.54 Å². The number of halogens is 3. The van der Waals surface area contributed by atoms with Crippen LogP contribution in [-0.4, -0.2) is 25.5 Å². The van der Waals surface area contributed by atoms with Crippen LogP contribution in [0.3, 0.4) is 0 Å². The highest BCUT2D eigenvalue weighted by molar-refractivity contribution is 14.0. The summed E-state index contributed by atoms with van der Waals surface area (Å²) in [5.41, 5.74) is 6.21. The Bertz CT molecular complexity index is 765. The zero-order valence-corrected chi connectivity index (χ0v) is 18.1. The Hall–Kier alpha value is -1.45. The minimum atomic E-state index is -0.588. The number of benzene rings is 1. The van der Waals surface area contributed by atoms with Crippen LogP contribution in [0.15, 0.2) is 39.7 Å². The van der Waals surface area contributed by atoms with Crippen molar-refractivity contribution in [1.29, 1.82) is 0 Å². The molecule has 142 valence electrons. The summed E-state index contributed by atoms with van der Waals surface area (Å²) in [4.78, 5) is 15.1. The van der Waals surface area contributed by atoms with Gasteiger partial charge in [0.2, 0.25) is 0 Å². The van der Waals surface area contributed by atoms with Crippen LogP contribution < -0.4 is 16.4 Å². The van der Waals surface area contributed by atoms with Crippen LogP contribution in [0.25, 0.3) is 0 Å². The Morgan fingerprint density at radius 1 is 1.23 bits per heavy atom. The first-order valence-electron chi connectivity index (χ1n) is 7.76. The molecule has 6 nitrogen and oxygen atoms in total. The molecule has 0 saturated heterocycles. The molecule has 26 heavy (non-hydrogen) atoms. The summed E-state index contributed by atoms with van der Waals surface area (Å²) in [6, 6.07) is 8.76. The lowest BCUT2D eigenvalue weighted by Crippen LogP contribution is -2.37. The number of furan rings is 1. The molecule has 0 spiro atoms. The number of rotatable bonds is 7. The van der Waals surface area contributed by atoms with Crippen LogP contribution in [0.5, 0.6) is 0 Å². The quantitative estimate of drug-likeness (QED) is 0.229. The van der Waals surface area contributed by atoms with Crippen molar-refractivity contribution in [2.75, 3.05) is 13.6 Å². The number of aliphatic imine (C=N–C) groups is 1. The molecule has 0 atom stereocenters. The standard InChI is InChI=1S/C17H20Cl2N4O2.HI/c1-21-17(23-10-13-6-7-15(25-13)16(20)24)22-8-2-3-11-4-5-12(18)9-14(11)19;/h4-7,9H,2-3,8,10H2,1H3,(H2,20,24)(H2,21,22,23);1H. The zero-order valence-electron chi connectivity index (χ0n) is 14.2. The number of primary amides is 1. The van der Waals surface area contributed by atoms with Gasteiger partial charge in [0.25, 0.3) is 5.91 Å². The highest BCUT2D eigenvalue weighted by Crippen LogP contribution is 2.21. The minimum absolute atomic E-state index is 0. The maximum Gasteiger partial charge on any atom is 0.284 e. The third-order valence-corrected chi connectivity index (χ3v) is 4.08. The molecule has 0 aliphatic heterocycles. The van der Waals surface area contributed by atoms with Crippen molar-refractivity contribution in [3.63, 3.8) is 0 Å². The first-order chi connectivity index (χ1) is 12.0. The van der Waals surface area contributed by atoms with E-state index in [9.17, 15) is 4.79 Å². The number of amides is 1. The maximum atomic E-state index is 11.0. The number of aryl methyl sites for hydroxylation is 1. The third-order valence-electron chi connectivity index (χ3n) is 3.49. The second-order valence-corrected chi connectivity index (χ2v) is 6.17. The normalized spacial score (nSPS) is 11.0. The first-order valence-corrected chi connectivity index (χ1v) is 8.52. The monoisotopic (exact) mass is 510 g/mol. The summed E-state index contributed by atoms with van der Waals surface area (Å²) in [5, 5.41) is 7.62. The van der Waals surface area contributed by atoms with Crippen molar-refractivity contribution in [2.45, 2.75) is 19.4 Å². The van der Waals surface area contributed by atoms with Gasteiger partial charge in [0.15, 0.2) is 11.7 Å². The van der Waals surface area contributed by atoms with Crippen molar-refractivity contribution >= 4 is 59.0 Å². The fourth-order valence-corrected chi connectivity index (χ4v) is 2.71. The van der Waals surface area contributed by atoms with E-state index >= 15 is 0 Å². The number of carbonyl (C=O) groups excluding carboxylic acids is 1. The number of nitrogens with two attached hydrogens (primary N) is 1. The molecular weight excluding hydrogens is 490 g/mol. The van der Waals surface area contributed by atoms with E-state index in [1.54, 1.807) is 25.2 Å². The predicted molar refractivity (Wildman–Crippen MR) is 116 cm³/mol. The molecule has 9 heteroatoms. The van der Waals surface area contributed by atoms with Gasteiger partial charge in [0.1, 0.15) is 5.76 Å². The van der Waals surface area contributed by atoms with Crippen molar-refractivity contribution in [2.24, 2.45) is 10.7 Å². The topological polar surface area (TPSA) is 92.6 Å². The maximum absolute atomic E-state index is 11.0. The highest BCUT2D eigenvalue weighted by atomic mass is 127. The van der Waals surface area contributed by atoms with Crippen molar-refractivity contribution in [3.8, 4) is 0 Å². The van der Waals surface area contributed by atoms with Gasteiger partial charge < -0.3 is 20.8 Å². The number of hydrogen-bond acceptors (Lipinski definition) is 3. The van der Waals surface area contributed by atoms with Crippen LogP contribution in [0.4, 0.5) is 0 Å². The summed E-state index contributed by atoms with van der Waals surface area (Å²) in [7, 11) is 1.68. The first kappa shape index (κ1) is 22.6. The second kappa shape index (κ2) is 11.3. The third kappa shape index (κ3) is 7.05. The largest absolute Gasteiger partial charge is 0.454 e. The smallest absolute Gasteiger partial charge is 0.284 e. The van der Waals surface area contributed by atoms with E-state index < -0.39 is 5.91 Å². The van der Waals surface area contributed by atoms with Gasteiger partial charge >= 0.3 is 0 Å². The molecule has 2 aromatic rings. The number of nitrogens with zero attached hydrogens (tertiary/aromatic N) is 1. The zero-order chi connectivity index (χ0) is 18.2. The molecule has 1 aromatic carbocycles. The fourth-order valence-electron chi connectivity index (χ4n) is 2.21. The number of hydrogen-bond donors (Lipinski definition) is 3. The van der Waals surface area contributed by atoms with Crippen molar-refractivity contribution in [1.82, 2.24) is 10.6 Å². The molecule has 2 rings (SSSR count). The molecule has 0 radical (unpaired) electrons. The second-order valence-electron chi connectivity index (χ2n) is 5.32. The van der Waals surface area contributed by atoms with E-state index in [0.717, 1.165) is 24.9 Å². The number of guanidine groups is 1. The van der Waals surface area contributed by atoms with Crippen molar-refractivity contribution < 1.29 is 9.21 Å². The van der Waals surface area contributed by atoms with Crippen LogP contribution >= 0.6 is 47.2 Å². The molecule has 0 unspecified atom stereocenters. The Balaban J connectivity index is 0.00000338. The Morgan fingerprint density at radius 3 is 2.62 bits per heavy atom. The molecule has 0 fully saturated rings. The van der Waals surface area contributed by atoms with Gasteiger partial charge in [0, 0.05) is 23.6 Å². The summed E-state index contributed by atoms with van der Waals surface area (Å²) in [6.45, 7) is 1.12. The molecule has 1 heterocycles. The van der Waals surface area contributed by atoms with Crippen LogP contribution in [0.2, 0.25) is 10.0 Å². The van der Waals surface area contributed by atoms with Gasteiger partial charge in [-0.15, -0.1) is 24.0 Å². The molecule has 1 aromatic heterocycles. The summed E-state index contributed by atoms with van der Waals surface area (Å²) < 4.78 is 5.30. The van der Waals surface area contributed by atoms with E-state index in [2.05, 4.69) is 15.6 Å². The van der Waals surface area contributed by atoms with E-state index in [0.29, 0.717) is 28.3 Å². The van der Waals surface area contributed by atoms with Gasteiger partial charge in [-0.25, -0.2) is 0 Å². The fraction of sp³-hybridized carbons (Fsp3) is 0.294. The Morgan fingerprint density at radius 2 is 2.00 bits per heavy atom. The van der Waals surface area contributed by atoms with Crippen molar-refractivity contribution in [3.05, 3.63) is 57.5 Å². The lowest BCUT2D eigenvalue weighted by Gasteiger charge is -2.11.